The third-order valence-electron chi connectivity index (χ3n) is 8.88. The van der Waals surface area contributed by atoms with Gasteiger partial charge >= 0.3 is 0 Å². The van der Waals surface area contributed by atoms with Crippen LogP contribution in [0, 0.1) is 6.07 Å². The van der Waals surface area contributed by atoms with Crippen molar-refractivity contribution in [2.45, 2.75) is 12.8 Å². The minimum atomic E-state index is 0. The zero-order chi connectivity index (χ0) is 32.5. The Bertz CT molecular complexity index is 2390. The molecule has 5 heteroatoms. The van der Waals surface area contributed by atoms with Crippen LogP contribution < -0.4 is 0 Å². The third-order valence-corrected chi connectivity index (χ3v) is 8.88. The van der Waals surface area contributed by atoms with Gasteiger partial charge in [0, 0.05) is 38.9 Å². The van der Waals surface area contributed by atoms with Gasteiger partial charge in [-0.15, -0.1) is 23.8 Å². The number of nitrogens with zero attached hydrogens (tertiary/aromatic N) is 2. The second-order valence-corrected chi connectivity index (χ2v) is 11.9. The fraction of sp³-hybridized carbons (Fsp3) is 0.0455. The van der Waals surface area contributed by atoms with E-state index in [2.05, 4.69) is 97.9 Å². The number of phenolic OH excluding ortho intramolecular Hbond substituents is 1. The van der Waals surface area contributed by atoms with Gasteiger partial charge in [0.1, 0.15) is 11.3 Å². The quantitative estimate of drug-likeness (QED) is 0.163. The largest absolute Gasteiger partial charge is 0.507 e. The molecule has 0 amide bonds. The van der Waals surface area contributed by atoms with E-state index in [1.54, 1.807) is 18.2 Å². The van der Waals surface area contributed by atoms with E-state index in [-0.39, 0.29) is 32.7 Å². The molecule has 4 nitrogen and oxygen atoms in total. The van der Waals surface area contributed by atoms with Gasteiger partial charge in [0.25, 0.3) is 0 Å². The van der Waals surface area contributed by atoms with Crippen molar-refractivity contribution >= 4 is 11.1 Å². The van der Waals surface area contributed by atoms with E-state index in [9.17, 15) is 5.11 Å². The number of hydrogen-bond acceptors (Lipinski definition) is 4. The maximum Gasteiger partial charge on any atom is 0.230 e. The number of aromatic nitrogens is 2. The zero-order valence-corrected chi connectivity index (χ0v) is 28.9. The molecule has 6 aromatic carbocycles. The average molecular weight is 815 g/mol. The Labute approximate surface area is 300 Å². The summed E-state index contributed by atoms with van der Waals surface area (Å²) in [7, 11) is 0. The molecule has 0 fully saturated rings. The summed E-state index contributed by atoms with van der Waals surface area (Å²) in [6, 6.07) is 54.9. The van der Waals surface area contributed by atoms with Gasteiger partial charge in [-0.2, -0.15) is 0 Å². The number of rotatable bonds is 7. The van der Waals surface area contributed by atoms with Crippen molar-refractivity contribution in [2.75, 3.05) is 0 Å². The van der Waals surface area contributed by atoms with Gasteiger partial charge in [-0.25, -0.2) is 4.98 Å². The molecule has 49 heavy (non-hydrogen) atoms. The molecule has 1 unspecified atom stereocenters. The summed E-state index contributed by atoms with van der Waals surface area (Å²) in [5, 5.41) is 10.5. The van der Waals surface area contributed by atoms with Crippen molar-refractivity contribution in [2.24, 2.45) is 0 Å². The van der Waals surface area contributed by atoms with Gasteiger partial charge in [-0.3, -0.25) is 4.98 Å². The first-order valence-corrected chi connectivity index (χ1v) is 16.0. The molecule has 0 aliphatic rings. The van der Waals surface area contributed by atoms with Crippen molar-refractivity contribution in [3.05, 3.63) is 175 Å². The molecular weight excluding hydrogens is 784 g/mol. The summed E-state index contributed by atoms with van der Waals surface area (Å²) < 4.78 is 6.18. The Morgan fingerprint density at radius 1 is 0.592 bits per heavy atom. The summed E-state index contributed by atoms with van der Waals surface area (Å²) in [6.45, 7) is 2.25. The van der Waals surface area contributed by atoms with Crippen LogP contribution in [0.3, 0.4) is 0 Å². The average Bonchev–Trinajstić information content (AvgIpc) is 3.60. The second kappa shape index (κ2) is 13.9. The molecule has 0 bridgehead atoms. The van der Waals surface area contributed by atoms with E-state index in [0.717, 1.165) is 44.6 Å². The van der Waals surface area contributed by atoms with Crippen LogP contribution in [0.25, 0.3) is 67.2 Å². The van der Waals surface area contributed by atoms with Crippen LogP contribution in [0.2, 0.25) is 0 Å². The Morgan fingerprint density at radius 2 is 1.24 bits per heavy atom. The Morgan fingerprint density at radius 3 is 2.06 bits per heavy atom. The van der Waals surface area contributed by atoms with Crippen molar-refractivity contribution in [3.63, 3.8) is 0 Å². The van der Waals surface area contributed by atoms with E-state index in [0.29, 0.717) is 22.6 Å². The molecular formula is C44H31N2O2Pt-. The number of fused-ring (bicyclic) bond motifs is 1. The molecule has 0 spiro atoms. The topological polar surface area (TPSA) is 59.2 Å². The SMILES string of the molecule is CC(c1ccccc1)c1cccc(-c2cc(-c3cc(-c4ccccc4)ccn3)[c-]c(-c3cccc4oc(-c5ccccc5O)nc34)c2)c1.[Pt]. The van der Waals surface area contributed by atoms with Gasteiger partial charge in [-0.1, -0.05) is 139 Å². The predicted molar refractivity (Wildman–Crippen MR) is 193 cm³/mol. The molecule has 0 aliphatic heterocycles. The number of aromatic hydroxyl groups is 1. The van der Waals surface area contributed by atoms with E-state index in [1.807, 2.05) is 54.7 Å². The standard InChI is InChI=1S/C44H31N2O2.Pt/c1-29(30-12-4-2-5-13-30)32-16-10-17-33(24-32)35-25-36(27-37(26-35)40-28-34(22-23-45-40)31-14-6-3-7-15-31)38-19-11-21-42-43(38)46-44(48-42)39-18-8-9-20-41(39)47;/h2-26,28-29,47H,1H3;/q-1;. The van der Waals surface area contributed by atoms with Gasteiger partial charge < -0.3 is 9.52 Å². The first-order valence-electron chi connectivity index (χ1n) is 16.0. The molecule has 8 rings (SSSR count). The Hall–Kier alpha value is -5.57. The van der Waals surface area contributed by atoms with Crippen molar-refractivity contribution in [1.82, 2.24) is 9.97 Å². The summed E-state index contributed by atoms with van der Waals surface area (Å²) in [5.74, 6) is 0.725. The van der Waals surface area contributed by atoms with Gasteiger partial charge in [0.15, 0.2) is 0 Å². The normalized spacial score (nSPS) is 11.6. The molecule has 0 saturated heterocycles. The number of oxazole rings is 1. The van der Waals surface area contributed by atoms with Gasteiger partial charge in [0.2, 0.25) is 5.89 Å². The molecule has 0 radical (unpaired) electrons. The molecule has 0 aliphatic carbocycles. The second-order valence-electron chi connectivity index (χ2n) is 11.9. The molecule has 2 heterocycles. The summed E-state index contributed by atoms with van der Waals surface area (Å²) >= 11 is 0. The smallest absolute Gasteiger partial charge is 0.230 e. The molecule has 2 aromatic heterocycles. The van der Waals surface area contributed by atoms with E-state index < -0.39 is 0 Å². The van der Waals surface area contributed by atoms with Crippen molar-refractivity contribution in [1.29, 1.82) is 0 Å². The number of benzene rings is 6. The number of phenols is 1. The minimum Gasteiger partial charge on any atom is -0.507 e. The first kappa shape index (κ1) is 32.0. The molecule has 1 N–H and O–H groups in total. The summed E-state index contributed by atoms with van der Waals surface area (Å²) in [4.78, 5) is 9.70. The van der Waals surface area contributed by atoms with Crippen molar-refractivity contribution < 1.29 is 30.6 Å². The number of pyridine rings is 1. The zero-order valence-electron chi connectivity index (χ0n) is 26.7. The van der Waals surface area contributed by atoms with Crippen LogP contribution in [0.5, 0.6) is 5.75 Å². The number of hydrogen-bond donors (Lipinski definition) is 1. The van der Waals surface area contributed by atoms with Gasteiger partial charge in [-0.05, 0) is 52.1 Å². The number of para-hydroxylation sites is 2. The summed E-state index contributed by atoms with van der Waals surface area (Å²) in [5.41, 5.74) is 12.2. The monoisotopic (exact) mass is 814 g/mol. The molecule has 240 valence electrons. The van der Waals surface area contributed by atoms with Gasteiger partial charge in [0.05, 0.1) is 11.1 Å². The summed E-state index contributed by atoms with van der Waals surface area (Å²) in [6.07, 6.45) is 1.86. The predicted octanol–water partition coefficient (Wildman–Crippen LogP) is 11.2. The van der Waals surface area contributed by atoms with Crippen LogP contribution in [-0.4, -0.2) is 15.1 Å². The van der Waals surface area contributed by atoms with Crippen molar-refractivity contribution in [3.8, 4) is 61.8 Å². The molecule has 8 aromatic rings. The third kappa shape index (κ3) is 6.48. The first-order chi connectivity index (χ1) is 23.6. The van der Waals surface area contributed by atoms with Crippen LogP contribution in [-0.2, 0) is 21.1 Å². The Kier molecular flexibility index (Phi) is 9.07. The Balaban J connectivity index is 0.00000378. The maximum absolute atomic E-state index is 10.5. The maximum atomic E-state index is 10.5. The van der Waals surface area contributed by atoms with Crippen LogP contribution in [0.4, 0.5) is 0 Å². The molecule has 0 saturated carbocycles. The fourth-order valence-corrected chi connectivity index (χ4v) is 6.26. The van der Waals surface area contributed by atoms with Crippen LogP contribution in [0.15, 0.2) is 162 Å². The fourth-order valence-electron chi connectivity index (χ4n) is 6.26. The van der Waals surface area contributed by atoms with E-state index >= 15 is 0 Å². The molecule has 1 atom stereocenters. The minimum absolute atomic E-state index is 0. The van der Waals surface area contributed by atoms with E-state index in [1.165, 1.54) is 11.1 Å². The van der Waals surface area contributed by atoms with Crippen LogP contribution >= 0.6 is 0 Å². The van der Waals surface area contributed by atoms with Crippen LogP contribution in [0.1, 0.15) is 24.0 Å². The van der Waals surface area contributed by atoms with E-state index in [4.69, 9.17) is 14.4 Å².